The van der Waals surface area contributed by atoms with Crippen molar-refractivity contribution >= 4 is 27.2 Å². The number of rotatable bonds is 3. The number of aliphatic hydroxyl groups excluding tert-OH is 2. The van der Waals surface area contributed by atoms with Gasteiger partial charge in [-0.05, 0) is 70.6 Å². The van der Waals surface area contributed by atoms with Crippen LogP contribution in [0.2, 0.25) is 0 Å². The van der Waals surface area contributed by atoms with E-state index in [1.54, 1.807) is 12.3 Å². The summed E-state index contributed by atoms with van der Waals surface area (Å²) >= 11 is 1.49. The number of Topliss-reactive ketones (excluding diaryl/α,β-unsaturated/α-hetero) is 1. The molecule has 180 valence electrons. The average Bonchev–Trinajstić information content (AvgIpc) is 3.11. The number of ether oxygens (including phenoxy) is 1. The zero-order chi connectivity index (χ0) is 24.2. The first-order chi connectivity index (χ1) is 16.1. The van der Waals surface area contributed by atoms with E-state index in [0.717, 1.165) is 16.5 Å². The Morgan fingerprint density at radius 3 is 2.79 bits per heavy atom. The Bertz CT molecular complexity index is 1260. The van der Waals surface area contributed by atoms with Gasteiger partial charge in [0.25, 0.3) is 0 Å². The molecule has 0 unspecified atom stereocenters. The molecule has 2 aromatic heterocycles. The molecular formula is C27H31NO5S. The number of aliphatic hydroxyl groups is 3. The molecule has 2 aromatic rings. The standard InChI is InChI=1S/C27H31NO5S/c1-13-11-26-14(2)9-18-19(25(18,3)4)17(22(26)31)10-16(12-29)21(30)27(26,32)23(13)33-24-20-15(5-7-28-24)6-8-34-20/h5-8,10-11,14,17-19,21,23,29-30,32H,9,12H2,1-4H3/t14-,17+,18-,19+,21-,23+,26+,27+/m1/s1. The van der Waals surface area contributed by atoms with Gasteiger partial charge in [-0.25, -0.2) is 4.98 Å². The highest BCUT2D eigenvalue weighted by Crippen LogP contribution is 2.71. The van der Waals surface area contributed by atoms with Gasteiger partial charge in [-0.2, -0.15) is 0 Å². The average molecular weight is 482 g/mol. The number of nitrogens with zero attached hydrogens (tertiary/aromatic N) is 1. The van der Waals surface area contributed by atoms with Crippen LogP contribution in [0.5, 0.6) is 5.88 Å². The van der Waals surface area contributed by atoms with Crippen molar-refractivity contribution in [1.29, 1.82) is 0 Å². The number of hydrogen-bond donors (Lipinski definition) is 3. The number of ketones is 1. The predicted octanol–water partition coefficient (Wildman–Crippen LogP) is 3.51. The lowest BCUT2D eigenvalue weighted by Crippen LogP contribution is -2.66. The molecule has 1 spiro atoms. The molecule has 8 atom stereocenters. The van der Waals surface area contributed by atoms with Crippen molar-refractivity contribution in [1.82, 2.24) is 4.98 Å². The third-order valence-electron chi connectivity index (χ3n) is 9.46. The molecule has 2 saturated carbocycles. The Morgan fingerprint density at radius 1 is 1.29 bits per heavy atom. The van der Waals surface area contributed by atoms with Gasteiger partial charge in [0.05, 0.1) is 16.7 Å². The molecule has 0 amide bonds. The summed E-state index contributed by atoms with van der Waals surface area (Å²) in [5, 5.41) is 37.4. The van der Waals surface area contributed by atoms with Crippen molar-refractivity contribution in [2.75, 3.05) is 6.61 Å². The number of fused-ring (bicyclic) bond motifs is 4. The van der Waals surface area contributed by atoms with Crippen molar-refractivity contribution < 1.29 is 24.9 Å². The van der Waals surface area contributed by atoms with E-state index in [1.165, 1.54) is 11.3 Å². The van der Waals surface area contributed by atoms with Crippen molar-refractivity contribution in [3.05, 3.63) is 47.0 Å². The topological polar surface area (TPSA) is 99.9 Å². The maximum atomic E-state index is 14.4. The largest absolute Gasteiger partial charge is 0.466 e. The third kappa shape index (κ3) is 2.51. The lowest BCUT2D eigenvalue weighted by molar-refractivity contribution is -0.186. The first-order valence-electron chi connectivity index (χ1n) is 12.0. The molecule has 6 rings (SSSR count). The second kappa shape index (κ2) is 7.00. The summed E-state index contributed by atoms with van der Waals surface area (Å²) in [5.41, 5.74) is -2.28. The lowest BCUT2D eigenvalue weighted by atomic mass is 9.59. The van der Waals surface area contributed by atoms with E-state index in [9.17, 15) is 20.1 Å². The molecule has 34 heavy (non-hydrogen) atoms. The van der Waals surface area contributed by atoms with E-state index in [1.807, 2.05) is 37.4 Å². The van der Waals surface area contributed by atoms with E-state index in [-0.39, 0.29) is 28.6 Å². The van der Waals surface area contributed by atoms with Crippen LogP contribution >= 0.6 is 11.3 Å². The van der Waals surface area contributed by atoms with Crippen LogP contribution in [0.3, 0.4) is 0 Å². The van der Waals surface area contributed by atoms with E-state index < -0.39 is 35.7 Å². The highest BCUT2D eigenvalue weighted by molar-refractivity contribution is 7.17. The van der Waals surface area contributed by atoms with Crippen LogP contribution in [0.15, 0.2) is 47.0 Å². The monoisotopic (exact) mass is 481 g/mol. The molecule has 4 aliphatic rings. The Labute approximate surface area is 203 Å². The van der Waals surface area contributed by atoms with Crippen LogP contribution in [0.1, 0.15) is 34.1 Å². The Kier molecular flexibility index (Phi) is 4.61. The lowest BCUT2D eigenvalue weighted by Gasteiger charge is -2.48. The summed E-state index contributed by atoms with van der Waals surface area (Å²) in [6.45, 7) is 7.81. The SMILES string of the molecule is CC1=C[C@]23C(=O)[C@@H](C=C(CO)[C@@H](O)[C@]2(O)[C@H]1Oc1nccc2ccsc12)[C@H]1[C@@H](C[C@H]3C)C1(C)C. The molecule has 6 nitrogen and oxygen atoms in total. The molecule has 0 aromatic carbocycles. The number of thiophene rings is 1. The minimum absolute atomic E-state index is 0.00662. The summed E-state index contributed by atoms with van der Waals surface area (Å²) in [5.74, 6) is 0.110. The number of carbonyl (C=O) groups is 1. The second-order valence-corrected chi connectivity index (χ2v) is 12.2. The number of aromatic nitrogens is 1. The number of carbonyl (C=O) groups excluding carboxylic acids is 1. The number of hydrogen-bond acceptors (Lipinski definition) is 7. The first-order valence-corrected chi connectivity index (χ1v) is 12.9. The van der Waals surface area contributed by atoms with Gasteiger partial charge in [-0.3, -0.25) is 4.79 Å². The van der Waals surface area contributed by atoms with Crippen molar-refractivity contribution in [2.24, 2.45) is 34.5 Å². The fourth-order valence-electron chi connectivity index (χ4n) is 7.66. The smallest absolute Gasteiger partial charge is 0.232 e. The first kappa shape index (κ1) is 22.4. The predicted molar refractivity (Wildman–Crippen MR) is 129 cm³/mol. The summed E-state index contributed by atoms with van der Waals surface area (Å²) < 4.78 is 7.26. The maximum Gasteiger partial charge on any atom is 0.232 e. The fraction of sp³-hybridized carbons (Fsp3) is 0.556. The van der Waals surface area contributed by atoms with Crippen LogP contribution in [0.25, 0.3) is 10.1 Å². The molecule has 4 aliphatic carbocycles. The quantitative estimate of drug-likeness (QED) is 0.580. The Hall–Kier alpha value is -2.06. The normalized spacial score (nSPS) is 42.3. The Balaban J connectivity index is 1.53. The van der Waals surface area contributed by atoms with Crippen LogP contribution in [0.4, 0.5) is 0 Å². The van der Waals surface area contributed by atoms with Crippen molar-refractivity contribution in [2.45, 2.75) is 51.9 Å². The van der Waals surface area contributed by atoms with Crippen molar-refractivity contribution in [3.63, 3.8) is 0 Å². The van der Waals surface area contributed by atoms with Gasteiger partial charge in [0.2, 0.25) is 5.88 Å². The highest BCUT2D eigenvalue weighted by atomic mass is 32.1. The van der Waals surface area contributed by atoms with Gasteiger partial charge in [0, 0.05) is 12.1 Å². The Morgan fingerprint density at radius 2 is 2.06 bits per heavy atom. The summed E-state index contributed by atoms with van der Waals surface area (Å²) in [6.07, 6.45) is 3.62. The third-order valence-corrected chi connectivity index (χ3v) is 10.4. The van der Waals surface area contributed by atoms with Crippen LogP contribution in [-0.2, 0) is 4.79 Å². The van der Waals surface area contributed by atoms with E-state index in [0.29, 0.717) is 17.4 Å². The van der Waals surface area contributed by atoms with Gasteiger partial charge >= 0.3 is 0 Å². The second-order valence-electron chi connectivity index (χ2n) is 11.3. The van der Waals surface area contributed by atoms with Gasteiger partial charge < -0.3 is 20.1 Å². The van der Waals surface area contributed by atoms with Crippen LogP contribution in [0, 0.1) is 34.5 Å². The minimum atomic E-state index is -1.96. The van der Waals surface area contributed by atoms with E-state index in [2.05, 4.69) is 18.8 Å². The fourth-order valence-corrected chi connectivity index (χ4v) is 8.48. The van der Waals surface area contributed by atoms with Gasteiger partial charge in [-0.15, -0.1) is 11.3 Å². The zero-order valence-electron chi connectivity index (χ0n) is 19.9. The molecule has 2 heterocycles. The van der Waals surface area contributed by atoms with E-state index in [4.69, 9.17) is 4.74 Å². The van der Waals surface area contributed by atoms with Gasteiger partial charge in [0.1, 0.15) is 6.10 Å². The summed E-state index contributed by atoms with van der Waals surface area (Å²) in [4.78, 5) is 18.8. The summed E-state index contributed by atoms with van der Waals surface area (Å²) in [6, 6.07) is 3.87. The number of pyridine rings is 1. The van der Waals surface area contributed by atoms with Crippen LogP contribution < -0.4 is 4.74 Å². The summed E-state index contributed by atoms with van der Waals surface area (Å²) in [7, 11) is 0. The van der Waals surface area contributed by atoms with Crippen LogP contribution in [-0.4, -0.2) is 50.5 Å². The maximum absolute atomic E-state index is 14.4. The molecule has 2 bridgehead atoms. The molecule has 0 saturated heterocycles. The molecule has 0 aliphatic heterocycles. The molecule has 2 fully saturated rings. The molecular weight excluding hydrogens is 450 g/mol. The number of allylic oxidation sites excluding steroid dienone is 1. The minimum Gasteiger partial charge on any atom is -0.466 e. The van der Waals surface area contributed by atoms with Gasteiger partial charge in [0.15, 0.2) is 17.5 Å². The van der Waals surface area contributed by atoms with E-state index >= 15 is 0 Å². The van der Waals surface area contributed by atoms with Crippen molar-refractivity contribution in [3.8, 4) is 5.88 Å². The molecule has 7 heteroatoms. The molecule has 0 radical (unpaired) electrons. The zero-order valence-corrected chi connectivity index (χ0v) is 20.7. The highest BCUT2D eigenvalue weighted by Gasteiger charge is 2.76. The van der Waals surface area contributed by atoms with Gasteiger partial charge in [-0.1, -0.05) is 32.9 Å². The molecule has 3 N–H and O–H groups in total.